The van der Waals surface area contributed by atoms with Crippen molar-refractivity contribution in [3.8, 4) is 11.8 Å². The van der Waals surface area contributed by atoms with Crippen LogP contribution in [-0.2, 0) is 6.42 Å². The van der Waals surface area contributed by atoms with Crippen LogP contribution in [0.5, 0.6) is 0 Å². The van der Waals surface area contributed by atoms with Gasteiger partial charge in [-0.1, -0.05) is 17.9 Å². The van der Waals surface area contributed by atoms with E-state index in [4.69, 9.17) is 0 Å². The van der Waals surface area contributed by atoms with Gasteiger partial charge in [0.15, 0.2) is 0 Å². The molecule has 8 heteroatoms. The standard InChI is InChI=1S/C22H17FN4O3/c23-19-7-4-16(5-8-19)3-6-18-14-20(9-10-21(18)27(29)30)26-22(28)25-13-11-17-2-1-12-24-15-17/h1-2,4-5,7-10,12,14-15H,11,13H2,(H2,25,26,28). The van der Waals surface area contributed by atoms with Crippen LogP contribution in [0, 0.1) is 27.8 Å². The van der Waals surface area contributed by atoms with Crippen LogP contribution in [0.2, 0.25) is 0 Å². The second-order valence-corrected chi connectivity index (χ2v) is 6.24. The van der Waals surface area contributed by atoms with Crippen molar-refractivity contribution in [3.63, 3.8) is 0 Å². The maximum Gasteiger partial charge on any atom is 0.319 e. The summed E-state index contributed by atoms with van der Waals surface area (Å²) in [6, 6.07) is 12.9. The Morgan fingerprint density at radius 1 is 1.13 bits per heavy atom. The van der Waals surface area contributed by atoms with Crippen molar-refractivity contribution in [3.05, 3.63) is 99.6 Å². The molecule has 0 aliphatic heterocycles. The molecule has 7 nitrogen and oxygen atoms in total. The lowest BCUT2D eigenvalue weighted by molar-refractivity contribution is -0.385. The molecule has 0 radical (unpaired) electrons. The van der Waals surface area contributed by atoms with E-state index < -0.39 is 16.8 Å². The lowest BCUT2D eigenvalue weighted by atomic mass is 10.1. The summed E-state index contributed by atoms with van der Waals surface area (Å²) in [5.74, 6) is 5.08. The molecule has 0 atom stereocenters. The molecule has 150 valence electrons. The Morgan fingerprint density at radius 2 is 1.93 bits per heavy atom. The fraction of sp³-hybridized carbons (Fsp3) is 0.0909. The van der Waals surface area contributed by atoms with Gasteiger partial charge in [-0.3, -0.25) is 15.1 Å². The number of hydrogen-bond acceptors (Lipinski definition) is 4. The van der Waals surface area contributed by atoms with Crippen molar-refractivity contribution in [2.24, 2.45) is 0 Å². The number of carbonyl (C=O) groups excluding carboxylic acids is 1. The normalized spacial score (nSPS) is 9.90. The Balaban J connectivity index is 1.68. The monoisotopic (exact) mass is 404 g/mol. The zero-order chi connectivity index (χ0) is 21.3. The van der Waals surface area contributed by atoms with E-state index in [1.807, 2.05) is 12.1 Å². The first-order chi connectivity index (χ1) is 14.5. The van der Waals surface area contributed by atoms with Crippen molar-refractivity contribution < 1.29 is 14.1 Å². The van der Waals surface area contributed by atoms with Crippen LogP contribution in [0.4, 0.5) is 20.6 Å². The van der Waals surface area contributed by atoms with E-state index in [2.05, 4.69) is 27.5 Å². The quantitative estimate of drug-likeness (QED) is 0.383. The topological polar surface area (TPSA) is 97.2 Å². The summed E-state index contributed by atoms with van der Waals surface area (Å²) >= 11 is 0. The van der Waals surface area contributed by atoms with Gasteiger partial charge in [-0.05, 0) is 54.4 Å². The molecule has 0 saturated heterocycles. The number of nitrogens with one attached hydrogen (secondary N) is 2. The first kappa shape index (κ1) is 20.5. The lowest BCUT2D eigenvalue weighted by Gasteiger charge is -2.08. The zero-order valence-corrected chi connectivity index (χ0v) is 15.8. The van der Waals surface area contributed by atoms with Crippen LogP contribution in [0.25, 0.3) is 0 Å². The van der Waals surface area contributed by atoms with Gasteiger partial charge in [0.25, 0.3) is 5.69 Å². The summed E-state index contributed by atoms with van der Waals surface area (Å²) in [6.45, 7) is 0.405. The first-order valence-electron chi connectivity index (χ1n) is 9.01. The number of nitro benzene ring substituents is 1. The number of anilines is 1. The highest BCUT2D eigenvalue weighted by Gasteiger charge is 2.13. The first-order valence-corrected chi connectivity index (χ1v) is 9.01. The van der Waals surface area contributed by atoms with E-state index in [-0.39, 0.29) is 11.3 Å². The Bertz CT molecular complexity index is 1110. The number of carbonyl (C=O) groups is 1. The molecule has 0 saturated carbocycles. The van der Waals surface area contributed by atoms with Crippen molar-refractivity contribution in [2.45, 2.75) is 6.42 Å². The van der Waals surface area contributed by atoms with E-state index in [9.17, 15) is 19.3 Å². The molecule has 0 spiro atoms. The summed E-state index contributed by atoms with van der Waals surface area (Å²) in [6.07, 6.45) is 4.02. The van der Waals surface area contributed by atoms with Crippen LogP contribution in [-0.4, -0.2) is 22.5 Å². The van der Waals surface area contributed by atoms with Gasteiger partial charge in [0.2, 0.25) is 0 Å². The average molecular weight is 404 g/mol. The minimum Gasteiger partial charge on any atom is -0.338 e. The Morgan fingerprint density at radius 3 is 2.63 bits per heavy atom. The smallest absolute Gasteiger partial charge is 0.319 e. The molecule has 2 N–H and O–H groups in total. The molecular weight excluding hydrogens is 387 g/mol. The summed E-state index contributed by atoms with van der Waals surface area (Å²) in [4.78, 5) is 26.8. The van der Waals surface area contributed by atoms with Crippen molar-refractivity contribution in [1.82, 2.24) is 10.3 Å². The molecule has 3 rings (SSSR count). The van der Waals surface area contributed by atoms with Crippen molar-refractivity contribution in [2.75, 3.05) is 11.9 Å². The predicted octanol–water partition coefficient (Wildman–Crippen LogP) is 3.89. The number of amides is 2. The van der Waals surface area contributed by atoms with Crippen molar-refractivity contribution in [1.29, 1.82) is 0 Å². The second-order valence-electron chi connectivity index (χ2n) is 6.24. The number of nitrogens with zero attached hydrogens (tertiary/aromatic N) is 2. The number of halogens is 1. The van der Waals surface area contributed by atoms with Crippen LogP contribution in [0.1, 0.15) is 16.7 Å². The van der Waals surface area contributed by atoms with Gasteiger partial charge in [0, 0.05) is 36.3 Å². The number of pyridine rings is 1. The lowest BCUT2D eigenvalue weighted by Crippen LogP contribution is -2.30. The van der Waals surface area contributed by atoms with Gasteiger partial charge in [0.05, 0.1) is 4.92 Å². The van der Waals surface area contributed by atoms with Gasteiger partial charge >= 0.3 is 6.03 Å². The van der Waals surface area contributed by atoms with Gasteiger partial charge < -0.3 is 10.6 Å². The number of nitro groups is 1. The molecule has 2 amide bonds. The fourth-order valence-electron chi connectivity index (χ4n) is 2.59. The Kier molecular flexibility index (Phi) is 6.69. The Hall–Kier alpha value is -4.25. The van der Waals surface area contributed by atoms with Gasteiger partial charge in [-0.2, -0.15) is 0 Å². The molecule has 30 heavy (non-hydrogen) atoms. The van der Waals surface area contributed by atoms with Gasteiger partial charge in [0.1, 0.15) is 11.4 Å². The summed E-state index contributed by atoms with van der Waals surface area (Å²) in [5, 5.41) is 16.6. The minimum absolute atomic E-state index is 0.137. The molecule has 1 heterocycles. The van der Waals surface area contributed by atoms with Crippen molar-refractivity contribution >= 4 is 17.4 Å². The van der Waals surface area contributed by atoms with Gasteiger partial charge in [-0.15, -0.1) is 0 Å². The predicted molar refractivity (Wildman–Crippen MR) is 110 cm³/mol. The van der Waals surface area contributed by atoms with E-state index in [1.54, 1.807) is 12.4 Å². The highest BCUT2D eigenvalue weighted by atomic mass is 19.1. The molecule has 0 aliphatic carbocycles. The minimum atomic E-state index is -0.549. The third kappa shape index (κ3) is 5.87. The third-order valence-corrected chi connectivity index (χ3v) is 4.06. The number of benzene rings is 2. The number of aromatic nitrogens is 1. The molecule has 0 aliphatic rings. The average Bonchev–Trinajstić information content (AvgIpc) is 2.74. The van der Waals surface area contributed by atoms with Gasteiger partial charge in [-0.25, -0.2) is 9.18 Å². The molecule has 2 aromatic carbocycles. The Labute approximate surface area is 172 Å². The van der Waals surface area contributed by atoms with Crippen LogP contribution < -0.4 is 10.6 Å². The zero-order valence-electron chi connectivity index (χ0n) is 15.8. The van der Waals surface area contributed by atoms with Crippen LogP contribution in [0.3, 0.4) is 0 Å². The highest BCUT2D eigenvalue weighted by molar-refractivity contribution is 5.89. The molecule has 0 fully saturated rings. The summed E-state index contributed by atoms with van der Waals surface area (Å²) < 4.78 is 13.0. The molecule has 3 aromatic rings. The summed E-state index contributed by atoms with van der Waals surface area (Å²) in [7, 11) is 0. The van der Waals surface area contributed by atoms with Crippen LogP contribution in [0.15, 0.2) is 67.0 Å². The molecular formula is C22H17FN4O3. The largest absolute Gasteiger partial charge is 0.338 e. The van der Waals surface area contributed by atoms with E-state index in [0.29, 0.717) is 24.2 Å². The highest BCUT2D eigenvalue weighted by Crippen LogP contribution is 2.22. The number of rotatable bonds is 5. The number of hydrogen-bond donors (Lipinski definition) is 2. The maximum absolute atomic E-state index is 13.0. The van der Waals surface area contributed by atoms with E-state index in [1.165, 1.54) is 42.5 Å². The molecule has 0 unspecified atom stereocenters. The molecule has 1 aromatic heterocycles. The van der Waals surface area contributed by atoms with E-state index >= 15 is 0 Å². The number of urea groups is 1. The SMILES string of the molecule is O=C(NCCc1cccnc1)Nc1ccc([N+](=O)[O-])c(C#Cc2ccc(F)cc2)c1. The van der Waals surface area contributed by atoms with E-state index in [0.717, 1.165) is 5.56 Å². The summed E-state index contributed by atoms with van der Waals surface area (Å²) in [5.41, 5.74) is 1.82. The van der Waals surface area contributed by atoms with Crippen LogP contribution >= 0.6 is 0 Å². The molecule has 0 bridgehead atoms. The second kappa shape index (κ2) is 9.80. The maximum atomic E-state index is 13.0. The third-order valence-electron chi connectivity index (χ3n) is 4.06. The fourth-order valence-corrected chi connectivity index (χ4v) is 2.59.